The standard InChI is InChI=1S/C22H29NO2S/c1-16-8-12-20(13-9-16)26(24,25)23-14-19-11-10-17(2)22(19)21(15-23)18-6-4-3-5-7-18/h8-10,12-13,18-19H,3-7,11,14-15H2,1-2H3/t19-/m1/s1. The number of sulfonamides is 1. The van der Waals surface area contributed by atoms with Crippen molar-refractivity contribution in [3.8, 4) is 0 Å². The van der Waals surface area contributed by atoms with E-state index in [2.05, 4.69) is 13.0 Å². The first-order valence-electron chi connectivity index (χ1n) is 9.93. The lowest BCUT2D eigenvalue weighted by molar-refractivity contribution is 0.321. The molecule has 0 saturated heterocycles. The molecule has 1 aromatic carbocycles. The molecule has 1 aromatic rings. The van der Waals surface area contributed by atoms with E-state index in [0.29, 0.717) is 29.8 Å². The molecule has 0 spiro atoms. The van der Waals surface area contributed by atoms with Crippen molar-refractivity contribution in [3.63, 3.8) is 0 Å². The molecule has 2 aliphatic carbocycles. The van der Waals surface area contributed by atoms with Crippen LogP contribution in [0, 0.1) is 18.8 Å². The van der Waals surface area contributed by atoms with Crippen molar-refractivity contribution in [1.82, 2.24) is 4.31 Å². The highest BCUT2D eigenvalue weighted by Gasteiger charge is 2.39. The largest absolute Gasteiger partial charge is 0.243 e. The molecule has 1 atom stereocenters. The average Bonchev–Trinajstić information content (AvgIpc) is 3.03. The van der Waals surface area contributed by atoms with Crippen LogP contribution in [0.4, 0.5) is 0 Å². The molecule has 3 aliphatic rings. The van der Waals surface area contributed by atoms with Gasteiger partial charge in [-0.2, -0.15) is 4.31 Å². The molecule has 140 valence electrons. The highest BCUT2D eigenvalue weighted by molar-refractivity contribution is 7.89. The molecule has 4 rings (SSSR count). The zero-order chi connectivity index (χ0) is 18.3. The molecule has 1 fully saturated rings. The molecule has 0 aromatic heterocycles. The van der Waals surface area contributed by atoms with E-state index >= 15 is 0 Å². The summed E-state index contributed by atoms with van der Waals surface area (Å²) in [4.78, 5) is 0.428. The molecule has 1 saturated carbocycles. The van der Waals surface area contributed by atoms with Gasteiger partial charge in [-0.05, 0) is 62.3 Å². The van der Waals surface area contributed by atoms with Crippen molar-refractivity contribution in [2.24, 2.45) is 11.8 Å². The predicted molar refractivity (Wildman–Crippen MR) is 105 cm³/mol. The minimum atomic E-state index is -3.43. The lowest BCUT2D eigenvalue weighted by Crippen LogP contribution is -2.42. The van der Waals surface area contributed by atoms with E-state index < -0.39 is 10.0 Å². The number of benzene rings is 1. The Morgan fingerprint density at radius 3 is 2.35 bits per heavy atom. The van der Waals surface area contributed by atoms with E-state index in [1.165, 1.54) is 48.8 Å². The zero-order valence-corrected chi connectivity index (χ0v) is 16.7. The maximum atomic E-state index is 13.3. The van der Waals surface area contributed by atoms with Crippen LogP contribution >= 0.6 is 0 Å². The van der Waals surface area contributed by atoms with Gasteiger partial charge in [0.25, 0.3) is 0 Å². The number of nitrogens with zero attached hydrogens (tertiary/aromatic N) is 1. The van der Waals surface area contributed by atoms with Crippen LogP contribution in [-0.4, -0.2) is 25.8 Å². The number of hydrogen-bond acceptors (Lipinski definition) is 2. The van der Waals surface area contributed by atoms with Gasteiger partial charge < -0.3 is 0 Å². The molecule has 1 heterocycles. The van der Waals surface area contributed by atoms with Gasteiger partial charge in [-0.3, -0.25) is 0 Å². The molecule has 1 aliphatic heterocycles. The second-order valence-electron chi connectivity index (χ2n) is 8.20. The van der Waals surface area contributed by atoms with Crippen molar-refractivity contribution >= 4 is 10.0 Å². The molecule has 0 unspecified atom stereocenters. The first-order chi connectivity index (χ1) is 12.5. The Morgan fingerprint density at radius 1 is 0.962 bits per heavy atom. The van der Waals surface area contributed by atoms with E-state index in [-0.39, 0.29) is 0 Å². The van der Waals surface area contributed by atoms with Gasteiger partial charge in [0.15, 0.2) is 0 Å². The molecule has 0 bridgehead atoms. The molecule has 4 heteroatoms. The van der Waals surface area contributed by atoms with Gasteiger partial charge in [-0.15, -0.1) is 0 Å². The Kier molecular flexibility index (Phi) is 4.83. The Labute approximate surface area is 157 Å². The predicted octanol–water partition coefficient (Wildman–Crippen LogP) is 4.84. The lowest BCUT2D eigenvalue weighted by atomic mass is 9.77. The smallest absolute Gasteiger partial charge is 0.207 e. The van der Waals surface area contributed by atoms with E-state index in [9.17, 15) is 8.42 Å². The fraction of sp³-hybridized carbons (Fsp3) is 0.545. The van der Waals surface area contributed by atoms with Crippen LogP contribution in [0.1, 0.15) is 51.0 Å². The molecule has 26 heavy (non-hydrogen) atoms. The summed E-state index contributed by atoms with van der Waals surface area (Å²) in [6, 6.07) is 7.29. The quantitative estimate of drug-likeness (QED) is 0.762. The van der Waals surface area contributed by atoms with Crippen LogP contribution in [0.15, 0.2) is 52.0 Å². The number of rotatable bonds is 3. The molecule has 0 N–H and O–H groups in total. The van der Waals surface area contributed by atoms with Crippen molar-refractivity contribution in [3.05, 3.63) is 52.6 Å². The fourth-order valence-corrected chi connectivity index (χ4v) is 6.44. The van der Waals surface area contributed by atoms with Gasteiger partial charge in [0.05, 0.1) is 4.90 Å². The third-order valence-electron chi connectivity index (χ3n) is 6.42. The maximum absolute atomic E-state index is 13.3. The number of aryl methyl sites for hydroxylation is 1. The third-order valence-corrected chi connectivity index (χ3v) is 8.24. The summed E-state index contributed by atoms with van der Waals surface area (Å²) in [5.41, 5.74) is 5.39. The molecule has 0 amide bonds. The van der Waals surface area contributed by atoms with Crippen molar-refractivity contribution in [2.45, 2.75) is 57.3 Å². The first-order valence-corrected chi connectivity index (χ1v) is 11.4. The summed E-state index contributed by atoms with van der Waals surface area (Å²) in [6.07, 6.45) is 9.61. The number of hydrogen-bond donors (Lipinski definition) is 0. The van der Waals surface area contributed by atoms with Gasteiger partial charge >= 0.3 is 0 Å². The van der Waals surface area contributed by atoms with Gasteiger partial charge in [0.2, 0.25) is 10.0 Å². The number of fused-ring (bicyclic) bond motifs is 1. The summed E-state index contributed by atoms with van der Waals surface area (Å²) in [6.45, 7) is 5.40. The van der Waals surface area contributed by atoms with E-state index in [1.54, 1.807) is 16.4 Å². The topological polar surface area (TPSA) is 37.4 Å². The van der Waals surface area contributed by atoms with Crippen molar-refractivity contribution in [1.29, 1.82) is 0 Å². The van der Waals surface area contributed by atoms with E-state index in [1.807, 2.05) is 19.1 Å². The number of allylic oxidation sites excluding steroid dienone is 2. The maximum Gasteiger partial charge on any atom is 0.243 e. The highest BCUT2D eigenvalue weighted by atomic mass is 32.2. The SMILES string of the molecule is CC1=CC[C@@H]2CN(S(=O)(=O)c3ccc(C)cc3)CC(C3CCCCC3)=C12. The van der Waals surface area contributed by atoms with Crippen molar-refractivity contribution < 1.29 is 8.42 Å². The third kappa shape index (κ3) is 3.18. The lowest BCUT2D eigenvalue weighted by Gasteiger charge is -2.38. The van der Waals surface area contributed by atoms with Crippen LogP contribution in [0.3, 0.4) is 0 Å². The van der Waals surface area contributed by atoms with E-state index in [0.717, 1.165) is 12.0 Å². The van der Waals surface area contributed by atoms with Crippen LogP contribution in [0.5, 0.6) is 0 Å². The van der Waals surface area contributed by atoms with E-state index in [4.69, 9.17) is 0 Å². The van der Waals surface area contributed by atoms with Gasteiger partial charge in [0, 0.05) is 19.0 Å². The highest BCUT2D eigenvalue weighted by Crippen LogP contribution is 2.44. The van der Waals surface area contributed by atoms with Gasteiger partial charge in [-0.1, -0.05) is 48.6 Å². The van der Waals surface area contributed by atoms with Crippen LogP contribution in [0.2, 0.25) is 0 Å². The summed E-state index contributed by atoms with van der Waals surface area (Å²) in [5, 5.41) is 0. The van der Waals surface area contributed by atoms with Crippen LogP contribution in [-0.2, 0) is 10.0 Å². The summed E-state index contributed by atoms with van der Waals surface area (Å²) in [5.74, 6) is 0.916. The van der Waals surface area contributed by atoms with Crippen LogP contribution in [0.25, 0.3) is 0 Å². The summed E-state index contributed by atoms with van der Waals surface area (Å²) >= 11 is 0. The fourth-order valence-electron chi connectivity index (χ4n) is 4.98. The first kappa shape index (κ1) is 18.0. The Morgan fingerprint density at radius 2 is 1.65 bits per heavy atom. The second-order valence-corrected chi connectivity index (χ2v) is 10.1. The molecular formula is C22H29NO2S. The normalized spacial score (nSPS) is 25.3. The Hall–Kier alpha value is -1.39. The monoisotopic (exact) mass is 371 g/mol. The molecular weight excluding hydrogens is 342 g/mol. The minimum absolute atomic E-state index is 0.348. The minimum Gasteiger partial charge on any atom is -0.207 e. The van der Waals surface area contributed by atoms with Crippen molar-refractivity contribution in [2.75, 3.05) is 13.1 Å². The second kappa shape index (κ2) is 6.97. The zero-order valence-electron chi connectivity index (χ0n) is 15.9. The molecule has 3 nitrogen and oxygen atoms in total. The Bertz CT molecular complexity index is 843. The average molecular weight is 372 g/mol. The summed E-state index contributed by atoms with van der Waals surface area (Å²) in [7, 11) is -3.43. The molecule has 0 radical (unpaired) electrons. The van der Waals surface area contributed by atoms with Gasteiger partial charge in [0.1, 0.15) is 0 Å². The summed E-state index contributed by atoms with van der Waals surface area (Å²) < 4.78 is 28.3. The Balaban J connectivity index is 1.68. The van der Waals surface area contributed by atoms with Crippen LogP contribution < -0.4 is 0 Å². The van der Waals surface area contributed by atoms with Gasteiger partial charge in [-0.25, -0.2) is 8.42 Å².